The summed E-state index contributed by atoms with van der Waals surface area (Å²) in [7, 11) is 0. The van der Waals surface area contributed by atoms with E-state index in [4.69, 9.17) is 32.4 Å². The van der Waals surface area contributed by atoms with Crippen LogP contribution in [0.15, 0.2) is 53.1 Å². The normalized spacial score (nSPS) is 10.6. The van der Waals surface area contributed by atoms with Crippen molar-refractivity contribution in [3.05, 3.63) is 70.2 Å². The molecule has 0 fully saturated rings. The molecule has 0 saturated heterocycles. The van der Waals surface area contributed by atoms with Gasteiger partial charge in [-0.15, -0.1) is 0 Å². The van der Waals surface area contributed by atoms with E-state index in [2.05, 4.69) is 4.98 Å². The number of rotatable bonds is 4. The lowest BCUT2D eigenvalue weighted by Gasteiger charge is -2.05. The standard InChI is InChI=1S/C17H11Cl2NO4/c18-11-3-1-10(2-4-11)15-8-20-16(24-15)9-23-17(22)13-7-12(19)5-6-14(13)21/h1-8,21H,9H2. The third-order valence-electron chi connectivity index (χ3n) is 3.19. The van der Waals surface area contributed by atoms with E-state index < -0.39 is 5.97 Å². The molecule has 0 aliphatic carbocycles. The lowest BCUT2D eigenvalue weighted by Crippen LogP contribution is -2.05. The minimum Gasteiger partial charge on any atom is -0.507 e. The van der Waals surface area contributed by atoms with Crippen LogP contribution in [0.2, 0.25) is 10.0 Å². The van der Waals surface area contributed by atoms with Crippen LogP contribution in [0, 0.1) is 0 Å². The molecule has 0 saturated carbocycles. The van der Waals surface area contributed by atoms with Crippen LogP contribution in [0.4, 0.5) is 0 Å². The van der Waals surface area contributed by atoms with Crippen molar-refractivity contribution in [1.29, 1.82) is 0 Å². The van der Waals surface area contributed by atoms with Gasteiger partial charge in [0.25, 0.3) is 0 Å². The van der Waals surface area contributed by atoms with Crippen LogP contribution in [0.25, 0.3) is 11.3 Å². The number of phenols is 1. The van der Waals surface area contributed by atoms with E-state index in [-0.39, 0.29) is 23.8 Å². The van der Waals surface area contributed by atoms with Crippen LogP contribution < -0.4 is 0 Å². The van der Waals surface area contributed by atoms with E-state index in [1.54, 1.807) is 24.3 Å². The number of halogens is 2. The largest absolute Gasteiger partial charge is 0.507 e. The molecule has 0 spiro atoms. The number of ether oxygens (including phenoxy) is 1. The van der Waals surface area contributed by atoms with E-state index in [1.165, 1.54) is 24.4 Å². The Labute approximate surface area is 147 Å². The van der Waals surface area contributed by atoms with E-state index in [1.807, 2.05) is 0 Å². The number of aromatic hydroxyl groups is 1. The fraction of sp³-hybridized carbons (Fsp3) is 0.0588. The molecular weight excluding hydrogens is 353 g/mol. The molecule has 0 bridgehead atoms. The lowest BCUT2D eigenvalue weighted by molar-refractivity contribution is 0.0435. The molecule has 0 unspecified atom stereocenters. The number of carbonyl (C=O) groups excluding carboxylic acids is 1. The van der Waals surface area contributed by atoms with Crippen LogP contribution in [-0.2, 0) is 11.3 Å². The summed E-state index contributed by atoms with van der Waals surface area (Å²) in [6, 6.07) is 11.2. The highest BCUT2D eigenvalue weighted by molar-refractivity contribution is 6.31. The predicted octanol–water partition coefficient (Wildman–Crippen LogP) is 4.71. The van der Waals surface area contributed by atoms with Gasteiger partial charge >= 0.3 is 5.97 Å². The molecule has 24 heavy (non-hydrogen) atoms. The van der Waals surface area contributed by atoms with E-state index in [0.717, 1.165) is 5.56 Å². The Balaban J connectivity index is 1.68. The van der Waals surface area contributed by atoms with Gasteiger partial charge in [-0.3, -0.25) is 0 Å². The number of oxazole rings is 1. The highest BCUT2D eigenvalue weighted by Gasteiger charge is 2.15. The van der Waals surface area contributed by atoms with Gasteiger partial charge in [0.2, 0.25) is 5.89 Å². The van der Waals surface area contributed by atoms with Crippen molar-refractivity contribution in [2.75, 3.05) is 0 Å². The first-order valence-electron chi connectivity index (χ1n) is 6.89. The highest BCUT2D eigenvalue weighted by Crippen LogP contribution is 2.24. The first-order valence-corrected chi connectivity index (χ1v) is 7.65. The summed E-state index contributed by atoms with van der Waals surface area (Å²) in [4.78, 5) is 16.0. The predicted molar refractivity (Wildman–Crippen MR) is 89.2 cm³/mol. The molecule has 0 radical (unpaired) electrons. The Morgan fingerprint density at radius 2 is 1.83 bits per heavy atom. The molecule has 3 rings (SSSR count). The Morgan fingerprint density at radius 3 is 2.58 bits per heavy atom. The second kappa shape index (κ2) is 6.95. The van der Waals surface area contributed by atoms with Gasteiger partial charge in [-0.05, 0) is 42.5 Å². The smallest absolute Gasteiger partial charge is 0.342 e. The minimum absolute atomic E-state index is 0.0213. The van der Waals surface area contributed by atoms with Gasteiger partial charge in [0, 0.05) is 15.6 Å². The number of hydrogen-bond donors (Lipinski definition) is 1. The molecule has 0 aliphatic rings. The minimum atomic E-state index is -0.721. The Morgan fingerprint density at radius 1 is 1.12 bits per heavy atom. The summed E-state index contributed by atoms with van der Waals surface area (Å²) in [5.41, 5.74) is 0.781. The summed E-state index contributed by atoms with van der Waals surface area (Å²) in [5, 5.41) is 10.6. The molecule has 122 valence electrons. The molecule has 0 atom stereocenters. The summed E-state index contributed by atoms with van der Waals surface area (Å²) in [5.74, 6) is -0.168. The maximum Gasteiger partial charge on any atom is 0.342 e. The van der Waals surface area contributed by atoms with Gasteiger partial charge in [-0.1, -0.05) is 23.2 Å². The molecule has 0 amide bonds. The van der Waals surface area contributed by atoms with Gasteiger partial charge in [-0.2, -0.15) is 0 Å². The van der Waals surface area contributed by atoms with Crippen LogP contribution in [0.1, 0.15) is 16.2 Å². The molecule has 1 heterocycles. The number of benzene rings is 2. The number of carbonyl (C=O) groups is 1. The van der Waals surface area contributed by atoms with Crippen molar-refractivity contribution in [2.45, 2.75) is 6.61 Å². The summed E-state index contributed by atoms with van der Waals surface area (Å²) in [6.45, 7) is -0.168. The third kappa shape index (κ3) is 3.69. The fourth-order valence-corrected chi connectivity index (χ4v) is 2.30. The number of aromatic nitrogens is 1. The van der Waals surface area contributed by atoms with Crippen molar-refractivity contribution in [3.63, 3.8) is 0 Å². The average molecular weight is 364 g/mol. The maximum absolute atomic E-state index is 12.0. The second-order valence-electron chi connectivity index (χ2n) is 4.86. The number of hydrogen-bond acceptors (Lipinski definition) is 5. The molecule has 7 heteroatoms. The van der Waals surface area contributed by atoms with Crippen molar-refractivity contribution in [2.24, 2.45) is 0 Å². The Bertz CT molecular complexity index is 875. The Hall–Kier alpha value is -2.50. The summed E-state index contributed by atoms with van der Waals surface area (Å²) in [6.07, 6.45) is 1.53. The van der Waals surface area contributed by atoms with Crippen LogP contribution in [0.3, 0.4) is 0 Å². The molecule has 0 aliphatic heterocycles. The second-order valence-corrected chi connectivity index (χ2v) is 5.74. The number of phenolic OH excluding ortho intramolecular Hbond substituents is 1. The first-order chi connectivity index (χ1) is 11.5. The average Bonchev–Trinajstić information content (AvgIpc) is 3.04. The van der Waals surface area contributed by atoms with E-state index >= 15 is 0 Å². The lowest BCUT2D eigenvalue weighted by atomic mass is 10.2. The highest BCUT2D eigenvalue weighted by atomic mass is 35.5. The van der Waals surface area contributed by atoms with Crippen LogP contribution in [0.5, 0.6) is 5.75 Å². The van der Waals surface area contributed by atoms with Gasteiger partial charge in [0.05, 0.1) is 6.20 Å². The number of esters is 1. The Kier molecular flexibility index (Phi) is 4.74. The van der Waals surface area contributed by atoms with Gasteiger partial charge in [-0.25, -0.2) is 9.78 Å². The molecule has 1 N–H and O–H groups in total. The summed E-state index contributed by atoms with van der Waals surface area (Å²) < 4.78 is 10.6. The third-order valence-corrected chi connectivity index (χ3v) is 3.67. The topological polar surface area (TPSA) is 72.6 Å². The molecule has 2 aromatic carbocycles. The van der Waals surface area contributed by atoms with Crippen molar-refractivity contribution >= 4 is 29.2 Å². The SMILES string of the molecule is O=C(OCc1ncc(-c2ccc(Cl)cc2)o1)c1cc(Cl)ccc1O. The van der Waals surface area contributed by atoms with Crippen LogP contribution >= 0.6 is 23.2 Å². The van der Waals surface area contributed by atoms with E-state index in [0.29, 0.717) is 15.8 Å². The zero-order valence-electron chi connectivity index (χ0n) is 12.2. The van der Waals surface area contributed by atoms with Crippen molar-refractivity contribution in [3.8, 4) is 17.1 Å². The van der Waals surface area contributed by atoms with Gasteiger partial charge < -0.3 is 14.3 Å². The zero-order chi connectivity index (χ0) is 17.1. The maximum atomic E-state index is 12.0. The van der Waals surface area contributed by atoms with Crippen LogP contribution in [-0.4, -0.2) is 16.1 Å². The summed E-state index contributed by atoms with van der Waals surface area (Å²) >= 11 is 11.6. The van der Waals surface area contributed by atoms with Gasteiger partial charge in [0.15, 0.2) is 12.4 Å². The first kappa shape index (κ1) is 16.4. The van der Waals surface area contributed by atoms with Gasteiger partial charge in [0.1, 0.15) is 11.3 Å². The molecule has 3 aromatic rings. The molecule has 5 nitrogen and oxygen atoms in total. The van der Waals surface area contributed by atoms with Crippen molar-refractivity contribution < 1.29 is 19.1 Å². The number of nitrogens with zero attached hydrogens (tertiary/aromatic N) is 1. The quantitative estimate of drug-likeness (QED) is 0.679. The zero-order valence-corrected chi connectivity index (χ0v) is 13.7. The molecular formula is C17H11Cl2NO4. The molecule has 1 aromatic heterocycles. The fourth-order valence-electron chi connectivity index (χ4n) is 2.00. The van der Waals surface area contributed by atoms with E-state index in [9.17, 15) is 9.90 Å². The van der Waals surface area contributed by atoms with Crippen molar-refractivity contribution in [1.82, 2.24) is 4.98 Å². The monoisotopic (exact) mass is 363 g/mol.